The molecule has 0 aromatic heterocycles. The number of benzene rings is 1. The molecule has 1 aliphatic carbocycles. The SMILES string of the molecule is O=[N+]([O-])c1ccc(C2=NO[C@@H]3CCC[C@H]23)cc1. The molecule has 0 radical (unpaired) electrons. The first kappa shape index (κ1) is 10.3. The molecule has 2 aliphatic rings. The predicted molar refractivity (Wildman–Crippen MR) is 61.8 cm³/mol. The summed E-state index contributed by atoms with van der Waals surface area (Å²) in [7, 11) is 0. The van der Waals surface area contributed by atoms with Crippen LogP contribution in [-0.2, 0) is 4.84 Å². The van der Waals surface area contributed by atoms with Crippen molar-refractivity contribution in [3.05, 3.63) is 39.9 Å². The topological polar surface area (TPSA) is 64.7 Å². The third-order valence-electron chi connectivity index (χ3n) is 3.46. The van der Waals surface area contributed by atoms with E-state index in [0.717, 1.165) is 24.1 Å². The van der Waals surface area contributed by atoms with E-state index in [0.29, 0.717) is 5.92 Å². The van der Waals surface area contributed by atoms with Gasteiger partial charge in [0.1, 0.15) is 6.10 Å². The third kappa shape index (κ3) is 1.67. The van der Waals surface area contributed by atoms with Gasteiger partial charge in [-0.05, 0) is 31.4 Å². The quantitative estimate of drug-likeness (QED) is 0.581. The summed E-state index contributed by atoms with van der Waals surface area (Å²) in [6.07, 6.45) is 3.55. The van der Waals surface area contributed by atoms with Crippen LogP contribution >= 0.6 is 0 Å². The van der Waals surface area contributed by atoms with Crippen molar-refractivity contribution in [1.29, 1.82) is 0 Å². The number of oxime groups is 1. The summed E-state index contributed by atoms with van der Waals surface area (Å²) in [6.45, 7) is 0. The van der Waals surface area contributed by atoms with Crippen LogP contribution in [0.4, 0.5) is 5.69 Å². The third-order valence-corrected chi connectivity index (χ3v) is 3.46. The van der Waals surface area contributed by atoms with Gasteiger partial charge in [-0.25, -0.2) is 0 Å². The van der Waals surface area contributed by atoms with E-state index in [1.807, 2.05) is 0 Å². The molecule has 0 N–H and O–H groups in total. The van der Waals surface area contributed by atoms with E-state index in [9.17, 15) is 10.1 Å². The van der Waals surface area contributed by atoms with Gasteiger partial charge in [0.2, 0.25) is 0 Å². The second-order valence-corrected chi connectivity index (χ2v) is 4.46. The summed E-state index contributed by atoms with van der Waals surface area (Å²) in [6, 6.07) is 6.53. The van der Waals surface area contributed by atoms with Crippen LogP contribution in [-0.4, -0.2) is 16.7 Å². The summed E-state index contributed by atoms with van der Waals surface area (Å²) in [5, 5.41) is 14.7. The molecule has 1 saturated carbocycles. The largest absolute Gasteiger partial charge is 0.392 e. The number of nitro benzene ring substituents is 1. The van der Waals surface area contributed by atoms with Crippen LogP contribution in [0.15, 0.2) is 29.4 Å². The summed E-state index contributed by atoms with van der Waals surface area (Å²) in [5.74, 6) is 0.372. The van der Waals surface area contributed by atoms with Crippen LogP contribution in [0.1, 0.15) is 24.8 Å². The van der Waals surface area contributed by atoms with Gasteiger partial charge in [0.15, 0.2) is 0 Å². The Bertz CT molecular complexity index is 481. The van der Waals surface area contributed by atoms with Crippen molar-refractivity contribution in [2.45, 2.75) is 25.4 Å². The molecular formula is C12H12N2O3. The van der Waals surface area contributed by atoms with Crippen LogP contribution in [0.3, 0.4) is 0 Å². The molecule has 17 heavy (non-hydrogen) atoms. The lowest BCUT2D eigenvalue weighted by Crippen LogP contribution is -2.17. The number of non-ortho nitro benzene ring substituents is 1. The highest BCUT2D eigenvalue weighted by Gasteiger charge is 2.38. The summed E-state index contributed by atoms with van der Waals surface area (Å²) >= 11 is 0. The average Bonchev–Trinajstić information content (AvgIpc) is 2.90. The Kier molecular flexibility index (Phi) is 2.31. The first-order chi connectivity index (χ1) is 8.25. The zero-order valence-electron chi connectivity index (χ0n) is 9.20. The molecule has 1 aliphatic heterocycles. The van der Waals surface area contributed by atoms with E-state index < -0.39 is 4.92 Å². The minimum Gasteiger partial charge on any atom is -0.392 e. The number of rotatable bonds is 2. The number of fused-ring (bicyclic) bond motifs is 1. The van der Waals surface area contributed by atoms with Gasteiger partial charge in [-0.2, -0.15) is 0 Å². The van der Waals surface area contributed by atoms with E-state index in [1.165, 1.54) is 18.6 Å². The fraction of sp³-hybridized carbons (Fsp3) is 0.417. The molecule has 5 nitrogen and oxygen atoms in total. The highest BCUT2D eigenvalue weighted by molar-refractivity contribution is 6.03. The van der Waals surface area contributed by atoms with Gasteiger partial charge in [-0.15, -0.1) is 0 Å². The molecule has 0 unspecified atom stereocenters. The maximum absolute atomic E-state index is 10.6. The normalized spacial score (nSPS) is 26.2. The zero-order chi connectivity index (χ0) is 11.8. The summed E-state index contributed by atoms with van der Waals surface area (Å²) < 4.78 is 0. The Hall–Kier alpha value is -1.91. The van der Waals surface area contributed by atoms with Gasteiger partial charge in [-0.1, -0.05) is 5.16 Å². The van der Waals surface area contributed by atoms with Crippen molar-refractivity contribution >= 4 is 11.4 Å². The average molecular weight is 232 g/mol. The Labute approximate surface area is 98.2 Å². The van der Waals surface area contributed by atoms with Gasteiger partial charge in [0.05, 0.1) is 10.6 Å². The van der Waals surface area contributed by atoms with E-state index in [4.69, 9.17) is 4.84 Å². The molecular weight excluding hydrogens is 220 g/mol. The molecule has 0 amide bonds. The lowest BCUT2D eigenvalue weighted by Gasteiger charge is -2.08. The molecule has 2 atom stereocenters. The molecule has 3 rings (SSSR count). The summed E-state index contributed by atoms with van der Waals surface area (Å²) in [5.41, 5.74) is 1.99. The molecule has 0 bridgehead atoms. The molecule has 5 heteroatoms. The highest BCUT2D eigenvalue weighted by Crippen LogP contribution is 2.36. The van der Waals surface area contributed by atoms with E-state index >= 15 is 0 Å². The van der Waals surface area contributed by atoms with Gasteiger partial charge in [0.25, 0.3) is 5.69 Å². The first-order valence-corrected chi connectivity index (χ1v) is 5.74. The van der Waals surface area contributed by atoms with E-state index in [2.05, 4.69) is 5.16 Å². The van der Waals surface area contributed by atoms with Crippen LogP contribution < -0.4 is 0 Å². The second kappa shape index (κ2) is 3.84. The smallest absolute Gasteiger partial charge is 0.269 e. The van der Waals surface area contributed by atoms with Crippen molar-refractivity contribution in [2.75, 3.05) is 0 Å². The maximum Gasteiger partial charge on any atom is 0.269 e. The minimum absolute atomic E-state index is 0.108. The van der Waals surface area contributed by atoms with Crippen LogP contribution in [0.25, 0.3) is 0 Å². The zero-order valence-corrected chi connectivity index (χ0v) is 9.20. The molecule has 1 fully saturated rings. The second-order valence-electron chi connectivity index (χ2n) is 4.46. The van der Waals surface area contributed by atoms with Crippen molar-refractivity contribution in [2.24, 2.45) is 11.1 Å². The fourth-order valence-corrected chi connectivity index (χ4v) is 2.58. The fourth-order valence-electron chi connectivity index (χ4n) is 2.58. The molecule has 0 saturated heterocycles. The Morgan fingerprint density at radius 3 is 2.76 bits per heavy atom. The van der Waals surface area contributed by atoms with Gasteiger partial charge < -0.3 is 4.84 Å². The van der Waals surface area contributed by atoms with Gasteiger partial charge in [-0.3, -0.25) is 10.1 Å². The molecule has 1 heterocycles. The lowest BCUT2D eigenvalue weighted by atomic mass is 9.94. The van der Waals surface area contributed by atoms with Crippen molar-refractivity contribution < 1.29 is 9.76 Å². The maximum atomic E-state index is 10.6. The van der Waals surface area contributed by atoms with Gasteiger partial charge >= 0.3 is 0 Å². The van der Waals surface area contributed by atoms with Crippen molar-refractivity contribution in [3.8, 4) is 0 Å². The van der Waals surface area contributed by atoms with Crippen LogP contribution in [0.2, 0.25) is 0 Å². The molecule has 1 aromatic carbocycles. The van der Waals surface area contributed by atoms with E-state index in [1.54, 1.807) is 12.1 Å². The standard InChI is InChI=1S/C12H12N2O3/c15-14(16)9-6-4-8(5-7-9)12-10-2-1-3-11(10)17-13-12/h4-7,10-11H,1-3H2/t10-,11+/m0/s1. The Morgan fingerprint density at radius 1 is 1.29 bits per heavy atom. The lowest BCUT2D eigenvalue weighted by molar-refractivity contribution is -0.384. The first-order valence-electron chi connectivity index (χ1n) is 5.74. The molecule has 0 spiro atoms. The number of hydrogen-bond acceptors (Lipinski definition) is 4. The Morgan fingerprint density at radius 2 is 2.06 bits per heavy atom. The Balaban J connectivity index is 1.87. The highest BCUT2D eigenvalue weighted by atomic mass is 16.6. The van der Waals surface area contributed by atoms with Crippen LogP contribution in [0, 0.1) is 16.0 Å². The minimum atomic E-state index is -0.394. The number of nitro groups is 1. The van der Waals surface area contributed by atoms with Crippen LogP contribution in [0.5, 0.6) is 0 Å². The number of nitrogens with zero attached hydrogens (tertiary/aromatic N) is 2. The van der Waals surface area contributed by atoms with E-state index in [-0.39, 0.29) is 11.8 Å². The summed E-state index contributed by atoms with van der Waals surface area (Å²) in [4.78, 5) is 15.5. The monoisotopic (exact) mass is 232 g/mol. The predicted octanol–water partition coefficient (Wildman–Crippen LogP) is 2.50. The molecule has 1 aromatic rings. The molecule has 88 valence electrons. The number of hydrogen-bond donors (Lipinski definition) is 0. The van der Waals surface area contributed by atoms with Gasteiger partial charge in [0, 0.05) is 23.6 Å². The van der Waals surface area contributed by atoms with Crippen molar-refractivity contribution in [3.63, 3.8) is 0 Å². The van der Waals surface area contributed by atoms with Crippen molar-refractivity contribution in [1.82, 2.24) is 0 Å².